The van der Waals surface area contributed by atoms with E-state index in [0.717, 1.165) is 32.5 Å². The van der Waals surface area contributed by atoms with Crippen molar-refractivity contribution in [2.45, 2.75) is 65.0 Å². The fourth-order valence-electron chi connectivity index (χ4n) is 2.55. The Morgan fingerprint density at radius 1 is 1.33 bits per heavy atom. The molecule has 0 aliphatic heterocycles. The standard InChI is InChI=1S/C15H29N3/c1-5-9-17-15(11-16,14-7-8-14)12-18(10-6-2)13(3)4/h13-14,17H,5-10,12H2,1-4H3. The minimum absolute atomic E-state index is 0.310. The zero-order valence-corrected chi connectivity index (χ0v) is 12.5. The summed E-state index contributed by atoms with van der Waals surface area (Å²) in [5, 5.41) is 13.2. The molecule has 1 unspecified atom stereocenters. The number of hydrogen-bond donors (Lipinski definition) is 1. The molecule has 0 spiro atoms. The van der Waals surface area contributed by atoms with Gasteiger partial charge in [0, 0.05) is 12.6 Å². The van der Waals surface area contributed by atoms with Gasteiger partial charge >= 0.3 is 0 Å². The van der Waals surface area contributed by atoms with Crippen LogP contribution in [0.25, 0.3) is 0 Å². The van der Waals surface area contributed by atoms with E-state index in [-0.39, 0.29) is 5.54 Å². The lowest BCUT2D eigenvalue weighted by atomic mass is 9.93. The molecular formula is C15H29N3. The topological polar surface area (TPSA) is 39.1 Å². The molecule has 1 saturated carbocycles. The van der Waals surface area contributed by atoms with Crippen LogP contribution in [0.2, 0.25) is 0 Å². The third kappa shape index (κ3) is 3.96. The molecule has 0 radical (unpaired) electrons. The molecule has 1 aliphatic carbocycles. The van der Waals surface area contributed by atoms with Crippen LogP contribution < -0.4 is 5.32 Å². The first-order valence-electron chi connectivity index (χ1n) is 7.50. The Balaban J connectivity index is 2.72. The minimum atomic E-state index is -0.310. The Morgan fingerprint density at radius 2 is 2.00 bits per heavy atom. The van der Waals surface area contributed by atoms with E-state index in [2.05, 4.69) is 44.0 Å². The second kappa shape index (κ2) is 7.11. The molecule has 0 saturated heterocycles. The fourth-order valence-corrected chi connectivity index (χ4v) is 2.55. The van der Waals surface area contributed by atoms with Gasteiger partial charge in [-0.1, -0.05) is 13.8 Å². The third-order valence-electron chi connectivity index (χ3n) is 3.86. The monoisotopic (exact) mass is 251 g/mol. The van der Waals surface area contributed by atoms with Crippen molar-refractivity contribution < 1.29 is 0 Å². The van der Waals surface area contributed by atoms with Gasteiger partial charge in [0.2, 0.25) is 0 Å². The van der Waals surface area contributed by atoms with Crippen LogP contribution in [-0.4, -0.2) is 36.1 Å². The quantitative estimate of drug-likeness (QED) is 0.685. The molecule has 18 heavy (non-hydrogen) atoms. The summed E-state index contributed by atoms with van der Waals surface area (Å²) in [7, 11) is 0. The largest absolute Gasteiger partial charge is 0.298 e. The average Bonchev–Trinajstić information content (AvgIpc) is 3.18. The first-order chi connectivity index (χ1) is 8.59. The summed E-state index contributed by atoms with van der Waals surface area (Å²) in [5.41, 5.74) is -0.310. The van der Waals surface area contributed by atoms with Crippen molar-refractivity contribution in [1.29, 1.82) is 5.26 Å². The lowest BCUT2D eigenvalue weighted by Crippen LogP contribution is -2.56. The van der Waals surface area contributed by atoms with Gasteiger partial charge in [0.1, 0.15) is 5.54 Å². The van der Waals surface area contributed by atoms with Crippen molar-refractivity contribution in [1.82, 2.24) is 10.2 Å². The predicted molar refractivity (Wildman–Crippen MR) is 76.4 cm³/mol. The minimum Gasteiger partial charge on any atom is -0.298 e. The maximum absolute atomic E-state index is 9.67. The molecular weight excluding hydrogens is 222 g/mol. The number of hydrogen-bond acceptors (Lipinski definition) is 3. The number of rotatable bonds is 9. The fraction of sp³-hybridized carbons (Fsp3) is 0.933. The van der Waals surface area contributed by atoms with Crippen molar-refractivity contribution >= 4 is 0 Å². The van der Waals surface area contributed by atoms with Crippen molar-refractivity contribution in [3.63, 3.8) is 0 Å². The van der Waals surface area contributed by atoms with E-state index in [1.54, 1.807) is 0 Å². The molecule has 0 aromatic heterocycles. The van der Waals surface area contributed by atoms with Crippen LogP contribution in [-0.2, 0) is 0 Å². The summed E-state index contributed by atoms with van der Waals surface area (Å²) in [6, 6.07) is 3.12. The molecule has 1 fully saturated rings. The number of nitrogens with zero attached hydrogens (tertiary/aromatic N) is 2. The highest BCUT2D eigenvalue weighted by molar-refractivity contribution is 5.16. The van der Waals surface area contributed by atoms with Gasteiger partial charge in [0.25, 0.3) is 0 Å². The molecule has 0 aromatic carbocycles. The van der Waals surface area contributed by atoms with Gasteiger partial charge in [-0.25, -0.2) is 0 Å². The molecule has 104 valence electrons. The third-order valence-corrected chi connectivity index (χ3v) is 3.86. The Bertz CT molecular complexity index is 278. The molecule has 1 N–H and O–H groups in total. The molecule has 1 rings (SSSR count). The molecule has 0 aromatic rings. The van der Waals surface area contributed by atoms with E-state index in [1.165, 1.54) is 12.8 Å². The molecule has 0 heterocycles. The highest BCUT2D eigenvalue weighted by Crippen LogP contribution is 2.40. The van der Waals surface area contributed by atoms with Crippen LogP contribution >= 0.6 is 0 Å². The Kier molecular flexibility index (Phi) is 6.11. The molecule has 3 heteroatoms. The summed E-state index contributed by atoms with van der Waals surface area (Å²) in [6.07, 6.45) is 4.66. The van der Waals surface area contributed by atoms with Crippen molar-refractivity contribution in [2.24, 2.45) is 5.92 Å². The molecule has 0 amide bonds. The number of nitriles is 1. The second-order valence-electron chi connectivity index (χ2n) is 5.85. The van der Waals surface area contributed by atoms with Crippen LogP contribution in [0.3, 0.4) is 0 Å². The predicted octanol–water partition coefficient (Wildman–Crippen LogP) is 2.78. The lowest BCUT2D eigenvalue weighted by molar-refractivity contribution is 0.161. The maximum atomic E-state index is 9.67. The van der Waals surface area contributed by atoms with E-state index in [0.29, 0.717) is 12.0 Å². The Hall–Kier alpha value is -0.590. The Labute approximate surface area is 113 Å². The normalized spacial score (nSPS) is 18.9. The van der Waals surface area contributed by atoms with Gasteiger partial charge in [-0.3, -0.25) is 10.2 Å². The zero-order chi connectivity index (χ0) is 13.6. The van der Waals surface area contributed by atoms with Crippen LogP contribution in [0.4, 0.5) is 0 Å². The lowest BCUT2D eigenvalue weighted by Gasteiger charge is -2.36. The van der Waals surface area contributed by atoms with E-state index in [1.807, 2.05) is 0 Å². The Morgan fingerprint density at radius 3 is 2.39 bits per heavy atom. The number of nitrogens with one attached hydrogen (secondary N) is 1. The van der Waals surface area contributed by atoms with Gasteiger partial charge in [-0.2, -0.15) is 5.26 Å². The van der Waals surface area contributed by atoms with Gasteiger partial charge in [0.05, 0.1) is 6.07 Å². The van der Waals surface area contributed by atoms with Crippen LogP contribution in [0.5, 0.6) is 0 Å². The first kappa shape index (κ1) is 15.5. The zero-order valence-electron chi connectivity index (χ0n) is 12.5. The van der Waals surface area contributed by atoms with Gasteiger partial charge < -0.3 is 0 Å². The summed E-state index contributed by atoms with van der Waals surface area (Å²) < 4.78 is 0. The second-order valence-corrected chi connectivity index (χ2v) is 5.85. The van der Waals surface area contributed by atoms with Crippen molar-refractivity contribution in [3.8, 4) is 6.07 Å². The van der Waals surface area contributed by atoms with Crippen LogP contribution in [0, 0.1) is 17.2 Å². The van der Waals surface area contributed by atoms with Gasteiger partial charge in [-0.15, -0.1) is 0 Å². The van der Waals surface area contributed by atoms with Crippen molar-refractivity contribution in [2.75, 3.05) is 19.6 Å². The molecule has 3 nitrogen and oxygen atoms in total. The summed E-state index contributed by atoms with van der Waals surface area (Å²) in [4.78, 5) is 2.45. The van der Waals surface area contributed by atoms with Gasteiger partial charge in [-0.05, 0) is 58.5 Å². The summed E-state index contributed by atoms with van der Waals surface area (Å²) in [5.74, 6) is 0.562. The van der Waals surface area contributed by atoms with Crippen LogP contribution in [0.1, 0.15) is 53.4 Å². The van der Waals surface area contributed by atoms with E-state index < -0.39 is 0 Å². The van der Waals surface area contributed by atoms with E-state index >= 15 is 0 Å². The molecule has 1 atom stereocenters. The van der Waals surface area contributed by atoms with Crippen LogP contribution in [0.15, 0.2) is 0 Å². The molecule has 1 aliphatic rings. The SMILES string of the molecule is CCCNC(C#N)(CN(CCC)C(C)C)C1CC1. The van der Waals surface area contributed by atoms with E-state index in [4.69, 9.17) is 0 Å². The van der Waals surface area contributed by atoms with Gasteiger partial charge in [0.15, 0.2) is 0 Å². The summed E-state index contributed by atoms with van der Waals surface area (Å²) in [6.45, 7) is 11.7. The highest BCUT2D eigenvalue weighted by atomic mass is 15.2. The van der Waals surface area contributed by atoms with Crippen molar-refractivity contribution in [3.05, 3.63) is 0 Å². The van der Waals surface area contributed by atoms with E-state index in [9.17, 15) is 5.26 Å². The smallest absolute Gasteiger partial charge is 0.122 e. The molecule has 0 bridgehead atoms. The maximum Gasteiger partial charge on any atom is 0.122 e. The summed E-state index contributed by atoms with van der Waals surface area (Å²) >= 11 is 0. The highest BCUT2D eigenvalue weighted by Gasteiger charge is 2.46. The first-order valence-corrected chi connectivity index (χ1v) is 7.50. The average molecular weight is 251 g/mol.